The molecular formula is C23H22O3. The molecule has 0 saturated carbocycles. The van der Waals surface area contributed by atoms with Gasteiger partial charge in [0.2, 0.25) is 0 Å². The van der Waals surface area contributed by atoms with Gasteiger partial charge in [-0.2, -0.15) is 0 Å². The Kier molecular flexibility index (Phi) is 6.05. The van der Waals surface area contributed by atoms with E-state index in [2.05, 4.69) is 6.92 Å². The zero-order valence-electron chi connectivity index (χ0n) is 14.9. The molecule has 0 aliphatic carbocycles. The van der Waals surface area contributed by atoms with Gasteiger partial charge < -0.3 is 9.47 Å². The van der Waals surface area contributed by atoms with Gasteiger partial charge in [0.1, 0.15) is 11.5 Å². The molecule has 0 atom stereocenters. The average molecular weight is 346 g/mol. The number of ether oxygens (including phenoxy) is 2. The van der Waals surface area contributed by atoms with Crippen LogP contribution in [-0.2, 0) is 0 Å². The number of unbranched alkanes of at least 4 members (excludes halogenated alkanes) is 1. The number of rotatable bonds is 7. The number of hydrogen-bond acceptors (Lipinski definition) is 3. The van der Waals surface area contributed by atoms with Gasteiger partial charge in [0.05, 0.1) is 12.2 Å². The molecule has 0 aliphatic rings. The molecule has 3 aromatic rings. The molecular weight excluding hydrogens is 324 g/mol. The molecule has 0 unspecified atom stereocenters. The van der Waals surface area contributed by atoms with E-state index in [-0.39, 0.29) is 5.97 Å². The van der Waals surface area contributed by atoms with Gasteiger partial charge in [0.15, 0.2) is 0 Å². The Morgan fingerprint density at radius 1 is 0.846 bits per heavy atom. The zero-order valence-corrected chi connectivity index (χ0v) is 14.9. The molecule has 0 amide bonds. The first kappa shape index (κ1) is 17.7. The summed E-state index contributed by atoms with van der Waals surface area (Å²) in [5, 5.41) is 0. The van der Waals surface area contributed by atoms with Gasteiger partial charge in [-0.3, -0.25) is 0 Å². The smallest absolute Gasteiger partial charge is 0.343 e. The van der Waals surface area contributed by atoms with Crippen molar-refractivity contribution in [3.05, 3.63) is 84.4 Å². The van der Waals surface area contributed by atoms with Crippen molar-refractivity contribution in [3.63, 3.8) is 0 Å². The number of hydrogen-bond donors (Lipinski definition) is 0. The molecule has 0 bridgehead atoms. The Bertz CT molecular complexity index is 839. The first-order valence-electron chi connectivity index (χ1n) is 8.87. The van der Waals surface area contributed by atoms with Gasteiger partial charge in [-0.1, -0.05) is 61.9 Å². The van der Waals surface area contributed by atoms with Crippen LogP contribution in [0.15, 0.2) is 78.9 Å². The molecule has 3 aromatic carbocycles. The van der Waals surface area contributed by atoms with Crippen LogP contribution >= 0.6 is 0 Å². The topological polar surface area (TPSA) is 35.5 Å². The lowest BCUT2D eigenvalue weighted by Gasteiger charge is -2.11. The summed E-state index contributed by atoms with van der Waals surface area (Å²) in [5.74, 6) is 0.931. The second-order valence-electron chi connectivity index (χ2n) is 5.98. The molecule has 0 saturated heterocycles. The van der Waals surface area contributed by atoms with Crippen LogP contribution in [0.4, 0.5) is 0 Å². The lowest BCUT2D eigenvalue weighted by Crippen LogP contribution is -2.09. The highest BCUT2D eigenvalue weighted by atomic mass is 16.5. The molecule has 3 nitrogen and oxygen atoms in total. The van der Waals surface area contributed by atoms with E-state index in [0.717, 1.165) is 29.7 Å². The highest BCUT2D eigenvalue weighted by Crippen LogP contribution is 2.30. The van der Waals surface area contributed by atoms with Crippen molar-refractivity contribution in [1.29, 1.82) is 0 Å². The molecule has 0 aliphatic heterocycles. The first-order chi connectivity index (χ1) is 12.8. The van der Waals surface area contributed by atoms with Crippen LogP contribution in [0.3, 0.4) is 0 Å². The third-order valence-corrected chi connectivity index (χ3v) is 4.03. The van der Waals surface area contributed by atoms with Gasteiger partial charge in [-0.25, -0.2) is 4.79 Å². The molecule has 0 aromatic heterocycles. The van der Waals surface area contributed by atoms with Gasteiger partial charge in [-0.05, 0) is 42.3 Å². The Hall–Kier alpha value is -3.07. The van der Waals surface area contributed by atoms with E-state index in [0.29, 0.717) is 17.9 Å². The van der Waals surface area contributed by atoms with Gasteiger partial charge in [0, 0.05) is 5.56 Å². The van der Waals surface area contributed by atoms with E-state index >= 15 is 0 Å². The summed E-state index contributed by atoms with van der Waals surface area (Å²) in [4.78, 5) is 12.5. The first-order valence-corrected chi connectivity index (χ1v) is 8.87. The molecule has 0 N–H and O–H groups in total. The van der Waals surface area contributed by atoms with Crippen LogP contribution in [0.25, 0.3) is 11.1 Å². The largest absolute Gasteiger partial charge is 0.494 e. The highest BCUT2D eigenvalue weighted by Gasteiger charge is 2.12. The molecule has 3 rings (SSSR count). The van der Waals surface area contributed by atoms with Crippen LogP contribution in [0.2, 0.25) is 0 Å². The Morgan fingerprint density at radius 3 is 2.27 bits per heavy atom. The molecule has 0 spiro atoms. The van der Waals surface area contributed by atoms with E-state index in [1.807, 2.05) is 54.6 Å². The number of para-hydroxylation sites is 1. The van der Waals surface area contributed by atoms with Crippen molar-refractivity contribution in [2.45, 2.75) is 19.8 Å². The van der Waals surface area contributed by atoms with E-state index in [1.54, 1.807) is 24.3 Å². The summed E-state index contributed by atoms with van der Waals surface area (Å²) in [6.45, 7) is 2.81. The van der Waals surface area contributed by atoms with Crippen molar-refractivity contribution in [1.82, 2.24) is 0 Å². The summed E-state index contributed by atoms with van der Waals surface area (Å²) in [7, 11) is 0. The van der Waals surface area contributed by atoms with Crippen LogP contribution in [-0.4, -0.2) is 12.6 Å². The van der Waals surface area contributed by atoms with E-state index in [9.17, 15) is 4.79 Å². The van der Waals surface area contributed by atoms with E-state index in [4.69, 9.17) is 9.47 Å². The van der Waals surface area contributed by atoms with Crippen molar-refractivity contribution in [3.8, 4) is 22.6 Å². The van der Waals surface area contributed by atoms with E-state index in [1.165, 1.54) is 0 Å². The summed E-state index contributed by atoms with van der Waals surface area (Å²) in [6, 6.07) is 24.5. The van der Waals surface area contributed by atoms with E-state index < -0.39 is 0 Å². The summed E-state index contributed by atoms with van der Waals surface area (Å²) in [5.41, 5.74) is 2.40. The highest BCUT2D eigenvalue weighted by molar-refractivity contribution is 5.92. The Balaban J connectivity index is 1.73. The lowest BCUT2D eigenvalue weighted by molar-refractivity contribution is 0.0735. The molecule has 0 fully saturated rings. The minimum atomic E-state index is -0.381. The maximum atomic E-state index is 12.5. The van der Waals surface area contributed by atoms with Gasteiger partial charge >= 0.3 is 5.97 Å². The number of carbonyl (C=O) groups excluding carboxylic acids is 1. The Labute approximate surface area is 154 Å². The summed E-state index contributed by atoms with van der Waals surface area (Å²) in [6.07, 6.45) is 2.10. The monoisotopic (exact) mass is 346 g/mol. The quantitative estimate of drug-likeness (QED) is 0.310. The predicted octanol–water partition coefficient (Wildman–Crippen LogP) is 5.75. The van der Waals surface area contributed by atoms with Crippen molar-refractivity contribution < 1.29 is 14.3 Å². The molecule has 0 heterocycles. The van der Waals surface area contributed by atoms with Gasteiger partial charge in [0.25, 0.3) is 0 Å². The van der Waals surface area contributed by atoms with Crippen LogP contribution in [0.5, 0.6) is 11.5 Å². The standard InChI is InChI=1S/C23H22O3/c1-2-3-17-25-20-15-13-19(14-16-20)23(24)26-22-12-8-7-11-21(22)18-9-5-4-6-10-18/h4-16H,2-3,17H2,1H3. The second kappa shape index (κ2) is 8.86. The second-order valence-corrected chi connectivity index (χ2v) is 5.98. The third-order valence-electron chi connectivity index (χ3n) is 4.03. The maximum absolute atomic E-state index is 12.5. The summed E-state index contributed by atoms with van der Waals surface area (Å²) < 4.78 is 11.3. The zero-order chi connectivity index (χ0) is 18.2. The normalized spacial score (nSPS) is 10.3. The van der Waals surface area contributed by atoms with Crippen molar-refractivity contribution in [2.75, 3.05) is 6.61 Å². The minimum Gasteiger partial charge on any atom is -0.494 e. The molecule has 3 heteroatoms. The fourth-order valence-corrected chi connectivity index (χ4v) is 2.59. The van der Waals surface area contributed by atoms with Crippen molar-refractivity contribution >= 4 is 5.97 Å². The molecule has 26 heavy (non-hydrogen) atoms. The Morgan fingerprint density at radius 2 is 1.54 bits per heavy atom. The lowest BCUT2D eigenvalue weighted by atomic mass is 10.0. The molecule has 132 valence electrons. The predicted molar refractivity (Wildman–Crippen MR) is 104 cm³/mol. The number of benzene rings is 3. The van der Waals surface area contributed by atoms with Crippen LogP contribution in [0, 0.1) is 0 Å². The fourth-order valence-electron chi connectivity index (χ4n) is 2.59. The van der Waals surface area contributed by atoms with Gasteiger partial charge in [-0.15, -0.1) is 0 Å². The SMILES string of the molecule is CCCCOc1ccc(C(=O)Oc2ccccc2-c2ccccc2)cc1. The minimum absolute atomic E-state index is 0.381. The summed E-state index contributed by atoms with van der Waals surface area (Å²) >= 11 is 0. The molecule has 0 radical (unpaired) electrons. The number of carbonyl (C=O) groups is 1. The fraction of sp³-hybridized carbons (Fsp3) is 0.174. The maximum Gasteiger partial charge on any atom is 0.343 e. The average Bonchev–Trinajstić information content (AvgIpc) is 2.70. The number of esters is 1. The van der Waals surface area contributed by atoms with Crippen LogP contribution < -0.4 is 9.47 Å². The van der Waals surface area contributed by atoms with Crippen molar-refractivity contribution in [2.24, 2.45) is 0 Å². The third kappa shape index (κ3) is 4.51. The van der Waals surface area contributed by atoms with Crippen LogP contribution in [0.1, 0.15) is 30.1 Å².